The standard InChI is InChI=1S/C14H19ClN6O.C2HF3O2/c15-14-18-12(20-5-7-22-8-6-20)11-13(19-14)21(9-17-11)10-1-3-16-4-2-10;3-2(4,5)1(6)7/h9-10,16H,1-8H2;(H,6,7). The number of morpholine rings is 1. The maximum Gasteiger partial charge on any atom is 0.490 e. The van der Waals surface area contributed by atoms with E-state index in [-0.39, 0.29) is 5.28 Å². The molecule has 0 aliphatic carbocycles. The highest BCUT2D eigenvalue weighted by Crippen LogP contribution is 2.29. The molecule has 0 spiro atoms. The van der Waals surface area contributed by atoms with E-state index in [4.69, 9.17) is 26.2 Å². The van der Waals surface area contributed by atoms with Gasteiger partial charge in [0.1, 0.15) is 0 Å². The second-order valence-electron chi connectivity index (χ2n) is 6.52. The maximum atomic E-state index is 10.6. The number of rotatable bonds is 2. The van der Waals surface area contributed by atoms with Gasteiger partial charge >= 0.3 is 12.1 Å². The van der Waals surface area contributed by atoms with Crippen LogP contribution in [0.2, 0.25) is 5.28 Å². The number of anilines is 1. The molecule has 29 heavy (non-hydrogen) atoms. The minimum absolute atomic E-state index is 0.282. The number of carbonyl (C=O) groups is 1. The molecule has 2 saturated heterocycles. The van der Waals surface area contributed by atoms with E-state index < -0.39 is 12.1 Å². The highest BCUT2D eigenvalue weighted by molar-refractivity contribution is 6.28. The first kappa shape index (κ1) is 21.5. The quantitative estimate of drug-likeness (QED) is 0.687. The number of fused-ring (bicyclic) bond motifs is 1. The minimum atomic E-state index is -5.08. The van der Waals surface area contributed by atoms with Crippen LogP contribution in [0.1, 0.15) is 18.9 Å². The van der Waals surface area contributed by atoms with Gasteiger partial charge in [0.05, 0.1) is 19.5 Å². The molecule has 2 aliphatic rings. The number of aliphatic carboxylic acids is 1. The van der Waals surface area contributed by atoms with Gasteiger partial charge in [-0.15, -0.1) is 0 Å². The molecular weight excluding hydrogens is 417 g/mol. The Morgan fingerprint density at radius 2 is 1.86 bits per heavy atom. The minimum Gasteiger partial charge on any atom is -0.475 e. The van der Waals surface area contributed by atoms with Crippen molar-refractivity contribution >= 4 is 34.6 Å². The monoisotopic (exact) mass is 436 g/mol. The summed E-state index contributed by atoms with van der Waals surface area (Å²) in [5.41, 5.74) is 1.68. The largest absolute Gasteiger partial charge is 0.490 e. The van der Waals surface area contributed by atoms with Crippen LogP contribution in [0.5, 0.6) is 0 Å². The summed E-state index contributed by atoms with van der Waals surface area (Å²) >= 11 is 6.18. The van der Waals surface area contributed by atoms with Gasteiger partial charge in [-0.2, -0.15) is 23.1 Å². The van der Waals surface area contributed by atoms with Crippen LogP contribution in [0.3, 0.4) is 0 Å². The number of halogens is 4. The van der Waals surface area contributed by atoms with Crippen LogP contribution in [0.25, 0.3) is 11.2 Å². The molecule has 0 radical (unpaired) electrons. The number of nitrogens with zero attached hydrogens (tertiary/aromatic N) is 5. The van der Waals surface area contributed by atoms with Gasteiger partial charge in [0.2, 0.25) is 5.28 Å². The van der Waals surface area contributed by atoms with Gasteiger partial charge in [0, 0.05) is 19.1 Å². The van der Waals surface area contributed by atoms with Crippen LogP contribution in [0.15, 0.2) is 6.33 Å². The van der Waals surface area contributed by atoms with Gasteiger partial charge in [-0.1, -0.05) is 0 Å². The van der Waals surface area contributed by atoms with E-state index in [1.54, 1.807) is 0 Å². The molecule has 0 aromatic carbocycles. The summed E-state index contributed by atoms with van der Waals surface area (Å²) in [4.78, 5) is 24.5. The summed E-state index contributed by atoms with van der Waals surface area (Å²) in [6.07, 6.45) is -1.03. The van der Waals surface area contributed by atoms with E-state index in [0.717, 1.165) is 56.0 Å². The topological polar surface area (TPSA) is 105 Å². The lowest BCUT2D eigenvalue weighted by molar-refractivity contribution is -0.192. The van der Waals surface area contributed by atoms with Crippen molar-refractivity contribution in [3.05, 3.63) is 11.6 Å². The number of hydrogen-bond donors (Lipinski definition) is 2. The summed E-state index contributed by atoms with van der Waals surface area (Å²) < 4.78 is 39.3. The summed E-state index contributed by atoms with van der Waals surface area (Å²) in [5, 5.41) is 10.8. The Bertz CT molecular complexity index is 850. The molecule has 9 nitrogen and oxygen atoms in total. The fraction of sp³-hybridized carbons (Fsp3) is 0.625. The van der Waals surface area contributed by atoms with Gasteiger partial charge in [-0.3, -0.25) is 0 Å². The maximum absolute atomic E-state index is 10.6. The molecule has 4 heterocycles. The van der Waals surface area contributed by atoms with Crippen molar-refractivity contribution in [2.75, 3.05) is 44.3 Å². The Morgan fingerprint density at radius 1 is 1.24 bits per heavy atom. The van der Waals surface area contributed by atoms with E-state index in [0.29, 0.717) is 19.3 Å². The number of hydrogen-bond acceptors (Lipinski definition) is 7. The number of imidazole rings is 1. The van der Waals surface area contributed by atoms with Crippen LogP contribution < -0.4 is 10.2 Å². The Labute approximate surface area is 168 Å². The van der Waals surface area contributed by atoms with E-state index >= 15 is 0 Å². The molecule has 160 valence electrons. The van der Waals surface area contributed by atoms with E-state index in [1.807, 2.05) is 6.33 Å². The Balaban J connectivity index is 0.000000298. The fourth-order valence-electron chi connectivity index (χ4n) is 3.22. The molecule has 0 atom stereocenters. The number of aromatic nitrogens is 4. The zero-order valence-corrected chi connectivity index (χ0v) is 16.1. The van der Waals surface area contributed by atoms with Crippen molar-refractivity contribution in [2.24, 2.45) is 0 Å². The van der Waals surface area contributed by atoms with Gasteiger partial charge in [0.25, 0.3) is 0 Å². The van der Waals surface area contributed by atoms with Gasteiger partial charge in [-0.25, -0.2) is 9.78 Å². The lowest BCUT2D eigenvalue weighted by Crippen LogP contribution is -2.37. The SMILES string of the molecule is Clc1nc(N2CCOCC2)c2ncn(C3CCNCC3)c2n1.O=C(O)C(F)(F)F. The Kier molecular flexibility index (Phi) is 6.75. The molecule has 2 aliphatic heterocycles. The van der Waals surface area contributed by atoms with Crippen molar-refractivity contribution in [1.29, 1.82) is 0 Å². The molecule has 2 fully saturated rings. The Morgan fingerprint density at radius 3 is 2.45 bits per heavy atom. The number of piperidine rings is 1. The second-order valence-corrected chi connectivity index (χ2v) is 6.86. The number of carboxylic acid groups (broad SMARTS) is 1. The van der Waals surface area contributed by atoms with Crippen molar-refractivity contribution < 1.29 is 27.8 Å². The summed E-state index contributed by atoms with van der Waals surface area (Å²) in [7, 11) is 0. The Hall–Kier alpha value is -2.18. The lowest BCUT2D eigenvalue weighted by Gasteiger charge is -2.28. The van der Waals surface area contributed by atoms with Crippen molar-refractivity contribution in [2.45, 2.75) is 25.1 Å². The van der Waals surface area contributed by atoms with Crippen molar-refractivity contribution in [3.63, 3.8) is 0 Å². The zero-order chi connectivity index (χ0) is 21.0. The molecule has 13 heteroatoms. The van der Waals surface area contributed by atoms with Crippen molar-refractivity contribution in [1.82, 2.24) is 24.8 Å². The predicted molar refractivity (Wildman–Crippen MR) is 98.2 cm³/mol. The van der Waals surface area contributed by atoms with E-state index in [9.17, 15) is 13.2 Å². The second kappa shape index (κ2) is 9.09. The van der Waals surface area contributed by atoms with Crippen LogP contribution in [0.4, 0.5) is 19.0 Å². The van der Waals surface area contributed by atoms with Gasteiger partial charge < -0.3 is 24.6 Å². The third-order valence-electron chi connectivity index (χ3n) is 4.63. The van der Waals surface area contributed by atoms with E-state index in [2.05, 4.69) is 29.7 Å². The molecule has 0 saturated carbocycles. The smallest absolute Gasteiger partial charge is 0.475 e. The average molecular weight is 437 g/mol. The fourth-order valence-corrected chi connectivity index (χ4v) is 3.38. The van der Waals surface area contributed by atoms with Gasteiger partial charge in [0.15, 0.2) is 17.0 Å². The highest BCUT2D eigenvalue weighted by atomic mass is 35.5. The molecular formula is C16H20ClF3N6O3. The number of ether oxygens (including phenoxy) is 1. The first-order valence-electron chi connectivity index (χ1n) is 9.01. The molecule has 4 rings (SSSR count). The molecule has 0 unspecified atom stereocenters. The summed E-state index contributed by atoms with van der Waals surface area (Å²) in [6, 6.07) is 0.426. The third kappa shape index (κ3) is 5.25. The highest BCUT2D eigenvalue weighted by Gasteiger charge is 2.38. The predicted octanol–water partition coefficient (Wildman–Crippen LogP) is 1.87. The first-order chi connectivity index (χ1) is 13.8. The number of alkyl halides is 3. The van der Waals surface area contributed by atoms with E-state index in [1.165, 1.54) is 0 Å². The molecule has 0 amide bonds. The first-order valence-corrected chi connectivity index (χ1v) is 9.38. The van der Waals surface area contributed by atoms with Crippen LogP contribution in [0, 0.1) is 0 Å². The van der Waals surface area contributed by atoms with Gasteiger partial charge in [-0.05, 0) is 37.5 Å². The molecule has 2 aromatic heterocycles. The van der Waals surface area contributed by atoms with Crippen LogP contribution >= 0.6 is 11.6 Å². The normalized spacial score (nSPS) is 18.4. The summed E-state index contributed by atoms with van der Waals surface area (Å²) in [5.74, 6) is -1.93. The lowest BCUT2D eigenvalue weighted by atomic mass is 10.1. The molecule has 2 N–H and O–H groups in total. The molecule has 2 aromatic rings. The third-order valence-corrected chi connectivity index (χ3v) is 4.80. The van der Waals surface area contributed by atoms with Crippen LogP contribution in [-0.2, 0) is 9.53 Å². The zero-order valence-electron chi connectivity index (χ0n) is 15.3. The average Bonchev–Trinajstić information content (AvgIpc) is 3.12. The van der Waals surface area contributed by atoms with Crippen molar-refractivity contribution in [3.8, 4) is 0 Å². The summed E-state index contributed by atoms with van der Waals surface area (Å²) in [6.45, 7) is 5.08. The number of nitrogens with one attached hydrogen (secondary N) is 1. The molecule has 0 bridgehead atoms. The number of carboxylic acids is 1. The van der Waals surface area contributed by atoms with Crippen LogP contribution in [-0.4, -0.2) is 76.2 Å².